The fourth-order valence-corrected chi connectivity index (χ4v) is 3.54. The molecule has 33 heavy (non-hydrogen) atoms. The maximum Gasteiger partial charge on any atom is 0.337 e. The lowest BCUT2D eigenvalue weighted by Crippen LogP contribution is -2.33. The van der Waals surface area contributed by atoms with Gasteiger partial charge in [-0.05, 0) is 30.3 Å². The van der Waals surface area contributed by atoms with Crippen molar-refractivity contribution in [1.82, 2.24) is 15.4 Å². The number of hydrogen-bond acceptors (Lipinski definition) is 4. The number of benzene rings is 4. The third kappa shape index (κ3) is 4.65. The van der Waals surface area contributed by atoms with E-state index in [4.69, 9.17) is 9.97 Å². The van der Waals surface area contributed by atoms with Gasteiger partial charge in [0.1, 0.15) is 0 Å². The first-order valence-electron chi connectivity index (χ1n) is 10.6. The molecule has 5 aromatic rings. The average molecular weight is 431 g/mol. The van der Waals surface area contributed by atoms with Crippen LogP contribution in [0.2, 0.25) is 0 Å². The first-order valence-corrected chi connectivity index (χ1v) is 10.6. The lowest BCUT2D eigenvalue weighted by Gasteiger charge is -2.12. The standard InChI is InChI=1S/C27H21N5O/c33-27(32-31-21-14-8-3-9-15-21)28-22-16-17-23-24(18-22)30-26(20-12-6-2-7-13-20)25(29-23)19-10-4-1-5-11-19/h1-18,31H,(H2,28,32,33). The number of carbonyl (C=O) groups is 1. The zero-order valence-corrected chi connectivity index (χ0v) is 17.7. The van der Waals surface area contributed by atoms with Crippen LogP contribution in [-0.2, 0) is 0 Å². The van der Waals surface area contributed by atoms with Crippen LogP contribution in [0.3, 0.4) is 0 Å². The lowest BCUT2D eigenvalue weighted by atomic mass is 10.0. The number of hydrazine groups is 1. The Morgan fingerprint density at radius 3 is 1.73 bits per heavy atom. The van der Waals surface area contributed by atoms with Crippen molar-refractivity contribution in [3.05, 3.63) is 109 Å². The molecule has 0 aliphatic rings. The van der Waals surface area contributed by atoms with Crippen LogP contribution in [0.4, 0.5) is 16.2 Å². The minimum atomic E-state index is -0.379. The van der Waals surface area contributed by atoms with Crippen molar-refractivity contribution in [3.8, 4) is 22.5 Å². The Balaban J connectivity index is 1.46. The van der Waals surface area contributed by atoms with Crippen molar-refractivity contribution in [2.24, 2.45) is 0 Å². The molecule has 0 unspecified atom stereocenters. The van der Waals surface area contributed by atoms with Crippen molar-refractivity contribution in [1.29, 1.82) is 0 Å². The van der Waals surface area contributed by atoms with Crippen molar-refractivity contribution in [2.45, 2.75) is 0 Å². The summed E-state index contributed by atoms with van der Waals surface area (Å²) in [6.07, 6.45) is 0. The lowest BCUT2D eigenvalue weighted by molar-refractivity contribution is 0.254. The van der Waals surface area contributed by atoms with Crippen LogP contribution in [0.1, 0.15) is 0 Å². The van der Waals surface area contributed by atoms with E-state index >= 15 is 0 Å². The number of aromatic nitrogens is 2. The van der Waals surface area contributed by atoms with Gasteiger partial charge in [0, 0.05) is 16.8 Å². The Morgan fingerprint density at radius 1 is 0.576 bits per heavy atom. The molecule has 1 aromatic heterocycles. The normalized spacial score (nSPS) is 10.5. The first kappa shape index (κ1) is 20.2. The van der Waals surface area contributed by atoms with Crippen LogP contribution in [0.5, 0.6) is 0 Å². The third-order valence-electron chi connectivity index (χ3n) is 5.11. The first-order chi connectivity index (χ1) is 16.3. The van der Waals surface area contributed by atoms with E-state index in [9.17, 15) is 4.79 Å². The highest BCUT2D eigenvalue weighted by molar-refractivity contribution is 5.93. The molecule has 0 aliphatic heterocycles. The number of nitrogens with one attached hydrogen (secondary N) is 3. The topological polar surface area (TPSA) is 78.9 Å². The Labute approximate surface area is 191 Å². The highest BCUT2D eigenvalue weighted by Crippen LogP contribution is 2.31. The number of amides is 2. The molecular weight excluding hydrogens is 410 g/mol. The fraction of sp³-hybridized carbons (Fsp3) is 0. The second kappa shape index (κ2) is 9.20. The summed E-state index contributed by atoms with van der Waals surface area (Å²) in [5.41, 5.74) is 11.9. The van der Waals surface area contributed by atoms with Gasteiger partial charge in [-0.1, -0.05) is 78.9 Å². The maximum atomic E-state index is 12.3. The van der Waals surface area contributed by atoms with E-state index in [1.165, 1.54) is 0 Å². The van der Waals surface area contributed by atoms with Gasteiger partial charge < -0.3 is 5.32 Å². The molecule has 5 rings (SSSR count). The summed E-state index contributed by atoms with van der Waals surface area (Å²) in [5.74, 6) is 0. The van der Waals surface area contributed by atoms with Crippen LogP contribution in [-0.4, -0.2) is 16.0 Å². The van der Waals surface area contributed by atoms with Gasteiger partial charge in [0.15, 0.2) is 0 Å². The number of anilines is 2. The van der Waals surface area contributed by atoms with Crippen LogP contribution in [0.15, 0.2) is 109 Å². The minimum absolute atomic E-state index is 0.379. The summed E-state index contributed by atoms with van der Waals surface area (Å²) < 4.78 is 0. The van der Waals surface area contributed by atoms with Gasteiger partial charge in [0.05, 0.1) is 28.1 Å². The molecule has 2 amide bonds. The third-order valence-corrected chi connectivity index (χ3v) is 5.11. The SMILES string of the molecule is O=C(NNc1ccccc1)Nc1ccc2nc(-c3ccccc3)c(-c3ccccc3)nc2c1. The number of rotatable bonds is 5. The summed E-state index contributed by atoms with van der Waals surface area (Å²) in [5, 5.41) is 2.83. The van der Waals surface area contributed by atoms with E-state index in [1.807, 2.05) is 109 Å². The van der Waals surface area contributed by atoms with E-state index in [1.54, 1.807) is 0 Å². The van der Waals surface area contributed by atoms with Crippen LogP contribution in [0, 0.1) is 0 Å². The number of urea groups is 1. The second-order valence-electron chi connectivity index (χ2n) is 7.43. The molecule has 0 bridgehead atoms. The molecule has 0 atom stereocenters. The number of carbonyl (C=O) groups excluding carboxylic acids is 1. The van der Waals surface area contributed by atoms with Crippen molar-refractivity contribution >= 4 is 28.4 Å². The molecule has 6 heteroatoms. The van der Waals surface area contributed by atoms with Gasteiger partial charge in [-0.3, -0.25) is 10.9 Å². The van der Waals surface area contributed by atoms with Crippen LogP contribution in [0.25, 0.3) is 33.5 Å². The average Bonchev–Trinajstić information content (AvgIpc) is 2.88. The molecule has 4 aromatic carbocycles. The summed E-state index contributed by atoms with van der Waals surface area (Å²) in [4.78, 5) is 22.2. The Kier molecular flexibility index (Phi) is 5.63. The summed E-state index contributed by atoms with van der Waals surface area (Å²) in [7, 11) is 0. The summed E-state index contributed by atoms with van der Waals surface area (Å²) in [6, 6.07) is 34.5. The Hall–Kier alpha value is -4.71. The fourth-order valence-electron chi connectivity index (χ4n) is 3.54. The molecule has 1 heterocycles. The van der Waals surface area contributed by atoms with E-state index in [2.05, 4.69) is 16.2 Å². The highest BCUT2D eigenvalue weighted by Gasteiger charge is 2.13. The zero-order valence-electron chi connectivity index (χ0n) is 17.7. The smallest absolute Gasteiger partial charge is 0.307 e. The van der Waals surface area contributed by atoms with Gasteiger partial charge in [0.25, 0.3) is 0 Å². The van der Waals surface area contributed by atoms with Crippen LogP contribution < -0.4 is 16.2 Å². The molecule has 0 fully saturated rings. The Morgan fingerprint density at radius 2 is 1.12 bits per heavy atom. The molecule has 3 N–H and O–H groups in total. The second-order valence-corrected chi connectivity index (χ2v) is 7.43. The molecular formula is C27H21N5O. The quantitative estimate of drug-likeness (QED) is 0.293. The van der Waals surface area contributed by atoms with Gasteiger partial charge in [-0.25, -0.2) is 14.8 Å². The predicted molar refractivity (Wildman–Crippen MR) is 133 cm³/mol. The molecule has 0 spiro atoms. The van der Waals surface area contributed by atoms with Gasteiger partial charge >= 0.3 is 6.03 Å². The number of fused-ring (bicyclic) bond motifs is 1. The zero-order chi connectivity index (χ0) is 22.5. The van der Waals surface area contributed by atoms with Crippen molar-refractivity contribution in [2.75, 3.05) is 10.7 Å². The number of nitrogens with zero attached hydrogens (tertiary/aromatic N) is 2. The van der Waals surface area contributed by atoms with Gasteiger partial charge in [-0.2, -0.15) is 0 Å². The van der Waals surface area contributed by atoms with E-state index in [-0.39, 0.29) is 6.03 Å². The number of para-hydroxylation sites is 1. The monoisotopic (exact) mass is 431 g/mol. The minimum Gasteiger partial charge on any atom is -0.307 e. The maximum absolute atomic E-state index is 12.3. The van der Waals surface area contributed by atoms with Crippen LogP contribution >= 0.6 is 0 Å². The summed E-state index contributed by atoms with van der Waals surface area (Å²) in [6.45, 7) is 0. The van der Waals surface area contributed by atoms with E-state index in [0.29, 0.717) is 11.2 Å². The number of hydrogen-bond donors (Lipinski definition) is 3. The molecule has 0 saturated heterocycles. The van der Waals surface area contributed by atoms with Gasteiger partial charge in [0.2, 0.25) is 0 Å². The van der Waals surface area contributed by atoms with Crippen molar-refractivity contribution in [3.63, 3.8) is 0 Å². The molecule has 6 nitrogen and oxygen atoms in total. The predicted octanol–water partition coefficient (Wildman–Crippen LogP) is 6.11. The molecule has 0 aliphatic carbocycles. The summed E-state index contributed by atoms with van der Waals surface area (Å²) >= 11 is 0. The van der Waals surface area contributed by atoms with Gasteiger partial charge in [-0.15, -0.1) is 0 Å². The molecule has 0 saturated carbocycles. The highest BCUT2D eigenvalue weighted by atomic mass is 16.2. The largest absolute Gasteiger partial charge is 0.337 e. The van der Waals surface area contributed by atoms with E-state index in [0.717, 1.165) is 33.7 Å². The van der Waals surface area contributed by atoms with E-state index < -0.39 is 0 Å². The molecule has 0 radical (unpaired) electrons. The Bertz CT molecular complexity index is 1390. The van der Waals surface area contributed by atoms with Crippen molar-refractivity contribution < 1.29 is 4.79 Å². The molecule has 160 valence electrons.